The van der Waals surface area contributed by atoms with Gasteiger partial charge in [-0.2, -0.15) is 0 Å². The normalized spacial score (nSPS) is 10.7. The van der Waals surface area contributed by atoms with Crippen LogP contribution in [0.3, 0.4) is 0 Å². The van der Waals surface area contributed by atoms with Crippen molar-refractivity contribution in [3.8, 4) is 5.69 Å². The standard InChI is InChI=1S/C15H12Cl3NOS2/c16-7-3-9-22-15(21)13-11(18)6-8-19(14(13)20)12-5-2-1-4-10(12)17/h1-2,4-6,8H,3,7,9H2. The molecule has 0 fully saturated rings. The van der Waals surface area contributed by atoms with Crippen molar-refractivity contribution < 1.29 is 0 Å². The van der Waals surface area contributed by atoms with Gasteiger partial charge in [0.05, 0.1) is 25.5 Å². The predicted molar refractivity (Wildman–Crippen MR) is 102 cm³/mol. The van der Waals surface area contributed by atoms with Gasteiger partial charge in [-0.25, -0.2) is 0 Å². The molecule has 0 saturated carbocycles. The fourth-order valence-corrected chi connectivity index (χ4v) is 3.95. The Morgan fingerprint density at radius 3 is 2.59 bits per heavy atom. The largest absolute Gasteiger partial charge is 0.282 e. The molecular formula is C15H12Cl3NOS2. The van der Waals surface area contributed by atoms with E-state index in [9.17, 15) is 4.79 Å². The monoisotopic (exact) mass is 391 g/mol. The molecule has 0 radical (unpaired) electrons. The zero-order valence-electron chi connectivity index (χ0n) is 11.4. The second-order valence-corrected chi connectivity index (χ2v) is 7.31. The number of nitrogens with zero attached hydrogens (tertiary/aromatic N) is 1. The number of hydrogen-bond donors (Lipinski definition) is 0. The van der Waals surface area contributed by atoms with Crippen LogP contribution in [0.5, 0.6) is 0 Å². The Morgan fingerprint density at radius 2 is 1.91 bits per heavy atom. The first-order chi connectivity index (χ1) is 10.6. The van der Waals surface area contributed by atoms with E-state index in [1.165, 1.54) is 16.3 Å². The SMILES string of the molecule is O=c1c(C(=S)SCCCCl)c(Cl)ccn1-c1ccccc1Cl. The van der Waals surface area contributed by atoms with Crippen LogP contribution in [0.25, 0.3) is 5.69 Å². The molecule has 0 saturated heterocycles. The maximum Gasteiger partial charge on any atom is 0.265 e. The third-order valence-electron chi connectivity index (χ3n) is 2.87. The van der Waals surface area contributed by atoms with E-state index in [4.69, 9.17) is 47.0 Å². The van der Waals surface area contributed by atoms with Crippen LogP contribution in [0.1, 0.15) is 12.0 Å². The number of aromatic nitrogens is 1. The second kappa shape index (κ2) is 8.37. The molecule has 7 heteroatoms. The Kier molecular flexibility index (Phi) is 6.78. The van der Waals surface area contributed by atoms with Crippen molar-refractivity contribution in [3.05, 3.63) is 62.5 Å². The molecule has 0 atom stereocenters. The van der Waals surface area contributed by atoms with Gasteiger partial charge < -0.3 is 0 Å². The highest BCUT2D eigenvalue weighted by molar-refractivity contribution is 8.23. The average Bonchev–Trinajstić information content (AvgIpc) is 2.49. The highest BCUT2D eigenvalue weighted by Gasteiger charge is 2.15. The first-order valence-corrected chi connectivity index (χ1v) is 9.14. The lowest BCUT2D eigenvalue weighted by atomic mass is 10.2. The maximum atomic E-state index is 12.7. The lowest BCUT2D eigenvalue weighted by molar-refractivity contribution is 0.987. The van der Waals surface area contributed by atoms with Crippen LogP contribution >= 0.6 is 58.8 Å². The fraction of sp³-hybridized carbons (Fsp3) is 0.200. The zero-order valence-corrected chi connectivity index (χ0v) is 15.3. The van der Waals surface area contributed by atoms with E-state index < -0.39 is 0 Å². The van der Waals surface area contributed by atoms with Crippen LogP contribution in [-0.2, 0) is 0 Å². The summed E-state index contributed by atoms with van der Waals surface area (Å²) in [5, 5.41) is 0.829. The Hall–Kier alpha value is -0.520. The molecule has 0 aliphatic rings. The van der Waals surface area contributed by atoms with Gasteiger partial charge in [0.25, 0.3) is 5.56 Å². The average molecular weight is 393 g/mol. The molecule has 22 heavy (non-hydrogen) atoms. The number of benzene rings is 1. The molecule has 0 spiro atoms. The second-order valence-electron chi connectivity index (χ2n) is 4.34. The minimum absolute atomic E-state index is 0.274. The van der Waals surface area contributed by atoms with Crippen LogP contribution < -0.4 is 5.56 Å². The highest BCUT2D eigenvalue weighted by atomic mass is 35.5. The minimum Gasteiger partial charge on any atom is -0.282 e. The van der Waals surface area contributed by atoms with Gasteiger partial charge in [-0.05, 0) is 30.4 Å². The Bertz CT molecular complexity index is 746. The van der Waals surface area contributed by atoms with Crippen LogP contribution in [0.4, 0.5) is 0 Å². The number of para-hydroxylation sites is 1. The van der Waals surface area contributed by atoms with E-state index in [2.05, 4.69) is 0 Å². The van der Waals surface area contributed by atoms with Crippen molar-refractivity contribution in [3.63, 3.8) is 0 Å². The van der Waals surface area contributed by atoms with Crippen molar-refractivity contribution in [1.82, 2.24) is 4.57 Å². The molecule has 0 aliphatic carbocycles. The molecule has 0 N–H and O–H groups in total. The molecule has 0 bridgehead atoms. The third-order valence-corrected chi connectivity index (χ3v) is 5.29. The molecule has 1 aromatic carbocycles. The topological polar surface area (TPSA) is 22.0 Å². The fourth-order valence-electron chi connectivity index (χ4n) is 1.83. The molecule has 2 rings (SSSR count). The van der Waals surface area contributed by atoms with Gasteiger partial charge in [0, 0.05) is 12.1 Å². The molecule has 0 aliphatic heterocycles. The Labute approximate surface area is 153 Å². The summed E-state index contributed by atoms with van der Waals surface area (Å²) in [4.78, 5) is 12.7. The van der Waals surface area contributed by atoms with Gasteiger partial charge in [0.2, 0.25) is 0 Å². The zero-order chi connectivity index (χ0) is 16.1. The molecule has 1 aromatic heterocycles. The van der Waals surface area contributed by atoms with Crippen molar-refractivity contribution in [1.29, 1.82) is 0 Å². The van der Waals surface area contributed by atoms with Crippen molar-refractivity contribution in [2.75, 3.05) is 11.6 Å². The van der Waals surface area contributed by atoms with E-state index in [0.29, 0.717) is 31.4 Å². The summed E-state index contributed by atoms with van der Waals surface area (Å²) in [6, 6.07) is 8.77. The smallest absolute Gasteiger partial charge is 0.265 e. The van der Waals surface area contributed by atoms with Gasteiger partial charge in [0.1, 0.15) is 0 Å². The number of thioether (sulfide) groups is 1. The van der Waals surface area contributed by atoms with Gasteiger partial charge in [-0.3, -0.25) is 9.36 Å². The summed E-state index contributed by atoms with van der Waals surface area (Å²) in [7, 11) is 0. The van der Waals surface area contributed by atoms with E-state index in [0.717, 1.165) is 12.2 Å². The summed E-state index contributed by atoms with van der Waals surface area (Å²) in [6.07, 6.45) is 2.41. The maximum absolute atomic E-state index is 12.7. The minimum atomic E-state index is -0.274. The van der Waals surface area contributed by atoms with Crippen LogP contribution in [0.15, 0.2) is 41.3 Å². The van der Waals surface area contributed by atoms with E-state index in [1.807, 2.05) is 6.07 Å². The first-order valence-electron chi connectivity index (χ1n) is 6.45. The molecule has 116 valence electrons. The number of alkyl halides is 1. The third kappa shape index (κ3) is 4.06. The molecule has 2 aromatic rings. The number of rotatable bonds is 5. The molecular weight excluding hydrogens is 381 g/mol. The lowest BCUT2D eigenvalue weighted by Crippen LogP contribution is -2.24. The summed E-state index contributed by atoms with van der Waals surface area (Å²) in [5.41, 5.74) is 0.656. The summed E-state index contributed by atoms with van der Waals surface area (Å²) >= 11 is 24.7. The van der Waals surface area contributed by atoms with E-state index >= 15 is 0 Å². The van der Waals surface area contributed by atoms with Crippen LogP contribution in [-0.4, -0.2) is 20.4 Å². The van der Waals surface area contributed by atoms with E-state index in [-0.39, 0.29) is 5.56 Å². The lowest BCUT2D eigenvalue weighted by Gasteiger charge is -2.11. The summed E-state index contributed by atoms with van der Waals surface area (Å²) < 4.78 is 1.93. The summed E-state index contributed by atoms with van der Waals surface area (Å²) in [6.45, 7) is 0. The molecule has 0 amide bonds. The quantitative estimate of drug-likeness (QED) is 0.397. The summed E-state index contributed by atoms with van der Waals surface area (Å²) in [5.74, 6) is 1.31. The van der Waals surface area contributed by atoms with Gasteiger partial charge in [0.15, 0.2) is 0 Å². The van der Waals surface area contributed by atoms with Crippen LogP contribution in [0, 0.1) is 0 Å². The van der Waals surface area contributed by atoms with Gasteiger partial charge >= 0.3 is 0 Å². The predicted octanol–water partition coefficient (Wildman–Crippen LogP) is 5.18. The molecule has 0 unspecified atom stereocenters. The number of halogens is 3. The van der Waals surface area contributed by atoms with Crippen molar-refractivity contribution in [2.45, 2.75) is 6.42 Å². The van der Waals surface area contributed by atoms with Crippen LogP contribution in [0.2, 0.25) is 10.0 Å². The highest BCUT2D eigenvalue weighted by Crippen LogP contribution is 2.23. The Balaban J connectivity index is 2.45. The van der Waals surface area contributed by atoms with Gasteiger partial charge in [-0.15, -0.1) is 23.4 Å². The molecule has 1 heterocycles. The van der Waals surface area contributed by atoms with Gasteiger partial charge in [-0.1, -0.05) is 47.6 Å². The Morgan fingerprint density at radius 1 is 1.18 bits per heavy atom. The number of pyridine rings is 1. The van der Waals surface area contributed by atoms with Crippen molar-refractivity contribution >= 4 is 63.0 Å². The number of hydrogen-bond acceptors (Lipinski definition) is 3. The number of thiocarbonyl (C=S) groups is 1. The molecule has 2 nitrogen and oxygen atoms in total. The van der Waals surface area contributed by atoms with Crippen molar-refractivity contribution in [2.24, 2.45) is 0 Å². The first kappa shape index (κ1) is 17.8. The van der Waals surface area contributed by atoms with E-state index in [1.54, 1.807) is 30.5 Å².